The second kappa shape index (κ2) is 8.66. The summed E-state index contributed by atoms with van der Waals surface area (Å²) in [5.74, 6) is 0. The van der Waals surface area contributed by atoms with Crippen LogP contribution < -0.4 is 5.32 Å². The van der Waals surface area contributed by atoms with Crippen LogP contribution in [-0.2, 0) is 0 Å². The summed E-state index contributed by atoms with van der Waals surface area (Å²) in [6, 6.07) is 6.96. The van der Waals surface area contributed by atoms with Crippen LogP contribution in [0, 0.1) is 10.1 Å². The van der Waals surface area contributed by atoms with Crippen molar-refractivity contribution in [3.8, 4) is 0 Å². The molecule has 5 heteroatoms. The molecule has 0 saturated heterocycles. The number of nitro benzene ring substituents is 1. The number of hydrogen-bond acceptors (Lipinski definition) is 4. The minimum Gasteiger partial charge on any atom is -0.310 e. The third-order valence-electron chi connectivity index (χ3n) is 3.58. The second-order valence-electron chi connectivity index (χ2n) is 4.91. The summed E-state index contributed by atoms with van der Waals surface area (Å²) in [5.41, 5.74) is 1.11. The number of rotatable bonds is 9. The topological polar surface area (TPSA) is 58.4 Å². The predicted octanol–water partition coefficient (Wildman–Crippen LogP) is 2.98. The van der Waals surface area contributed by atoms with Crippen LogP contribution in [0.1, 0.15) is 38.8 Å². The quantitative estimate of drug-likeness (QED) is 0.429. The summed E-state index contributed by atoms with van der Waals surface area (Å²) < 4.78 is 0. The van der Waals surface area contributed by atoms with Gasteiger partial charge in [0.25, 0.3) is 5.69 Å². The van der Waals surface area contributed by atoms with Crippen molar-refractivity contribution in [2.45, 2.75) is 33.2 Å². The number of hydrogen-bond donors (Lipinski definition) is 1. The number of nitrogens with zero attached hydrogens (tertiary/aromatic N) is 2. The van der Waals surface area contributed by atoms with E-state index in [1.807, 2.05) is 13.0 Å². The Morgan fingerprint density at radius 2 is 2.05 bits per heavy atom. The highest BCUT2D eigenvalue weighted by Gasteiger charge is 2.10. The molecule has 0 saturated carbocycles. The van der Waals surface area contributed by atoms with Gasteiger partial charge in [0.05, 0.1) is 4.92 Å². The van der Waals surface area contributed by atoms with E-state index in [4.69, 9.17) is 0 Å². The van der Waals surface area contributed by atoms with Gasteiger partial charge in [0.1, 0.15) is 0 Å². The molecular weight excluding hydrogens is 254 g/mol. The Morgan fingerprint density at radius 1 is 1.35 bits per heavy atom. The Hall–Kier alpha value is -1.46. The molecule has 1 atom stereocenters. The van der Waals surface area contributed by atoms with Crippen molar-refractivity contribution in [1.82, 2.24) is 10.2 Å². The molecule has 112 valence electrons. The Labute approximate surface area is 121 Å². The van der Waals surface area contributed by atoms with E-state index in [0.29, 0.717) is 0 Å². The van der Waals surface area contributed by atoms with Gasteiger partial charge < -0.3 is 10.2 Å². The van der Waals surface area contributed by atoms with Gasteiger partial charge in [-0.1, -0.05) is 26.0 Å². The van der Waals surface area contributed by atoms with Crippen LogP contribution in [0.5, 0.6) is 0 Å². The molecule has 1 aromatic carbocycles. The van der Waals surface area contributed by atoms with Gasteiger partial charge in [-0.3, -0.25) is 10.1 Å². The lowest BCUT2D eigenvalue weighted by Gasteiger charge is -2.19. The highest BCUT2D eigenvalue weighted by atomic mass is 16.6. The minimum atomic E-state index is -0.351. The predicted molar refractivity (Wildman–Crippen MR) is 81.9 cm³/mol. The summed E-state index contributed by atoms with van der Waals surface area (Å²) in [7, 11) is 0. The van der Waals surface area contributed by atoms with Crippen molar-refractivity contribution in [2.75, 3.05) is 26.2 Å². The summed E-state index contributed by atoms with van der Waals surface area (Å²) in [6.45, 7) is 10.5. The van der Waals surface area contributed by atoms with Gasteiger partial charge >= 0.3 is 0 Å². The second-order valence-corrected chi connectivity index (χ2v) is 4.91. The zero-order valence-electron chi connectivity index (χ0n) is 12.6. The Morgan fingerprint density at radius 3 is 2.65 bits per heavy atom. The summed E-state index contributed by atoms with van der Waals surface area (Å²) in [6.07, 6.45) is 1.08. The molecule has 1 aromatic rings. The number of nitro groups is 1. The van der Waals surface area contributed by atoms with Crippen molar-refractivity contribution < 1.29 is 4.92 Å². The van der Waals surface area contributed by atoms with Gasteiger partial charge in [-0.15, -0.1) is 0 Å². The molecule has 0 aliphatic rings. The molecular formula is C15H25N3O2. The van der Waals surface area contributed by atoms with Crippen molar-refractivity contribution in [1.29, 1.82) is 0 Å². The van der Waals surface area contributed by atoms with Crippen molar-refractivity contribution >= 4 is 5.69 Å². The van der Waals surface area contributed by atoms with E-state index in [2.05, 4.69) is 24.1 Å². The molecule has 0 bridgehead atoms. The number of non-ortho nitro benzene ring substituents is 1. The molecule has 0 aromatic heterocycles. The average molecular weight is 279 g/mol. The lowest BCUT2D eigenvalue weighted by atomic mass is 10.1. The highest BCUT2D eigenvalue weighted by molar-refractivity contribution is 5.35. The van der Waals surface area contributed by atoms with Gasteiger partial charge in [0, 0.05) is 18.2 Å². The first-order chi connectivity index (χ1) is 9.58. The van der Waals surface area contributed by atoms with Gasteiger partial charge in [-0.25, -0.2) is 0 Å². The zero-order valence-corrected chi connectivity index (χ0v) is 12.6. The smallest absolute Gasteiger partial charge is 0.269 e. The van der Waals surface area contributed by atoms with Gasteiger partial charge in [0.15, 0.2) is 0 Å². The largest absolute Gasteiger partial charge is 0.310 e. The first-order valence-electron chi connectivity index (χ1n) is 7.28. The van der Waals surface area contributed by atoms with Crippen molar-refractivity contribution in [3.63, 3.8) is 0 Å². The fourth-order valence-corrected chi connectivity index (χ4v) is 2.19. The fraction of sp³-hybridized carbons (Fsp3) is 0.600. The molecule has 0 radical (unpaired) electrons. The van der Waals surface area contributed by atoms with Crippen LogP contribution >= 0.6 is 0 Å². The molecule has 20 heavy (non-hydrogen) atoms. The van der Waals surface area contributed by atoms with Gasteiger partial charge in [0.2, 0.25) is 0 Å². The molecule has 0 spiro atoms. The van der Waals surface area contributed by atoms with E-state index in [-0.39, 0.29) is 16.7 Å². The van der Waals surface area contributed by atoms with Crippen LogP contribution in [0.4, 0.5) is 5.69 Å². The molecule has 1 unspecified atom stereocenters. The lowest BCUT2D eigenvalue weighted by molar-refractivity contribution is -0.384. The average Bonchev–Trinajstić information content (AvgIpc) is 2.47. The highest BCUT2D eigenvalue weighted by Crippen LogP contribution is 2.18. The maximum atomic E-state index is 10.8. The van der Waals surface area contributed by atoms with Crippen LogP contribution in [0.15, 0.2) is 24.3 Å². The van der Waals surface area contributed by atoms with Crippen LogP contribution in [0.25, 0.3) is 0 Å². The normalized spacial score (nSPS) is 12.6. The van der Waals surface area contributed by atoms with Gasteiger partial charge in [-0.2, -0.15) is 0 Å². The molecule has 1 rings (SSSR count). The standard InChI is InChI=1S/C15H25N3O2/c1-4-17(5-2)11-7-10-16-13(3)14-8-6-9-15(12-14)18(19)20/h6,8-9,12-13,16H,4-5,7,10-11H2,1-3H3. The van der Waals surface area contributed by atoms with E-state index in [9.17, 15) is 10.1 Å². The first-order valence-corrected chi connectivity index (χ1v) is 7.28. The Balaban J connectivity index is 2.41. The van der Waals surface area contributed by atoms with Gasteiger partial charge in [-0.05, 0) is 45.1 Å². The van der Waals surface area contributed by atoms with Crippen LogP contribution in [-0.4, -0.2) is 36.0 Å². The number of nitrogens with one attached hydrogen (secondary N) is 1. The molecule has 0 amide bonds. The molecule has 0 aliphatic heterocycles. The maximum Gasteiger partial charge on any atom is 0.269 e. The summed E-state index contributed by atoms with van der Waals surface area (Å²) >= 11 is 0. The maximum absolute atomic E-state index is 10.8. The lowest BCUT2D eigenvalue weighted by Crippen LogP contribution is -2.28. The van der Waals surface area contributed by atoms with Crippen LogP contribution in [0.2, 0.25) is 0 Å². The van der Waals surface area contributed by atoms with Crippen molar-refractivity contribution in [2.24, 2.45) is 0 Å². The fourth-order valence-electron chi connectivity index (χ4n) is 2.19. The molecule has 0 fully saturated rings. The molecule has 1 N–H and O–H groups in total. The number of benzene rings is 1. The van der Waals surface area contributed by atoms with Crippen molar-refractivity contribution in [3.05, 3.63) is 39.9 Å². The molecule has 0 heterocycles. The molecule has 5 nitrogen and oxygen atoms in total. The van der Waals surface area contributed by atoms with E-state index >= 15 is 0 Å². The summed E-state index contributed by atoms with van der Waals surface area (Å²) in [5, 5.41) is 14.2. The Bertz CT molecular complexity index is 419. The Kier molecular flexibility index (Phi) is 7.18. The monoisotopic (exact) mass is 279 g/mol. The summed E-state index contributed by atoms with van der Waals surface area (Å²) in [4.78, 5) is 12.8. The third-order valence-corrected chi connectivity index (χ3v) is 3.58. The minimum absolute atomic E-state index is 0.131. The zero-order chi connectivity index (χ0) is 15.0. The van der Waals surface area contributed by atoms with E-state index in [1.54, 1.807) is 12.1 Å². The SMILES string of the molecule is CCN(CC)CCCNC(C)c1cccc([N+](=O)[O-])c1. The first kappa shape index (κ1) is 16.6. The van der Waals surface area contributed by atoms with E-state index in [1.165, 1.54) is 6.07 Å². The third kappa shape index (κ3) is 5.27. The van der Waals surface area contributed by atoms with E-state index < -0.39 is 0 Å². The van der Waals surface area contributed by atoms with Crippen LogP contribution in [0.3, 0.4) is 0 Å². The van der Waals surface area contributed by atoms with E-state index in [0.717, 1.165) is 38.2 Å². The molecule has 0 aliphatic carbocycles.